The number of amides is 1. The molecule has 1 saturated heterocycles. The van der Waals surface area contributed by atoms with Crippen molar-refractivity contribution in [2.24, 2.45) is 5.73 Å². The number of aldehydes is 1. The number of carbonyl (C=O) groups excluding carboxylic acids is 2. The Morgan fingerprint density at radius 1 is 1.40 bits per heavy atom. The predicted molar refractivity (Wildman–Crippen MR) is 89.5 cm³/mol. The molecule has 1 unspecified atom stereocenters. The van der Waals surface area contributed by atoms with Crippen molar-refractivity contribution in [1.29, 1.82) is 0 Å². The lowest BCUT2D eigenvalue weighted by molar-refractivity contribution is -0.118. The van der Waals surface area contributed by atoms with Gasteiger partial charge in [-0.15, -0.1) is 0 Å². The van der Waals surface area contributed by atoms with E-state index in [1.807, 2.05) is 0 Å². The minimum Gasteiger partial charge on any atom is -0.507 e. The van der Waals surface area contributed by atoms with E-state index in [4.69, 9.17) is 14.9 Å². The Morgan fingerprint density at radius 2 is 2.16 bits per heavy atom. The van der Waals surface area contributed by atoms with Gasteiger partial charge in [0.2, 0.25) is 5.91 Å². The maximum absolute atomic E-state index is 11.4. The van der Waals surface area contributed by atoms with Crippen LogP contribution >= 0.6 is 0 Å². The highest BCUT2D eigenvalue weighted by Crippen LogP contribution is 2.31. The summed E-state index contributed by atoms with van der Waals surface area (Å²) >= 11 is 0. The molecular formula is C17H21N3O5. The number of aromatic hydroxyl groups is 1. The molecule has 0 saturated carbocycles. The zero-order chi connectivity index (χ0) is 17.8. The molecule has 0 aliphatic carbocycles. The Balaban J connectivity index is 1.83. The topological polar surface area (TPSA) is 119 Å². The molecule has 1 fully saturated rings. The van der Waals surface area contributed by atoms with Gasteiger partial charge in [0.25, 0.3) is 0 Å². The second kappa shape index (κ2) is 7.62. The highest BCUT2D eigenvalue weighted by Gasteiger charge is 2.23. The SMILES string of the molecule is NC(=O)CC(CCN1CCOCC1)c1nc2c(C=O)c(O)ccc2o1. The number of primary amides is 1. The molecule has 1 amide bonds. The Bertz CT molecular complexity index is 767. The summed E-state index contributed by atoms with van der Waals surface area (Å²) in [6.07, 6.45) is 1.30. The number of rotatable bonds is 7. The van der Waals surface area contributed by atoms with Crippen LogP contribution in [0.4, 0.5) is 0 Å². The first-order valence-electron chi connectivity index (χ1n) is 8.24. The fourth-order valence-electron chi connectivity index (χ4n) is 3.03. The Labute approximate surface area is 144 Å². The van der Waals surface area contributed by atoms with Gasteiger partial charge in [0.1, 0.15) is 11.3 Å². The molecule has 1 aromatic carbocycles. The van der Waals surface area contributed by atoms with Gasteiger partial charge in [-0.3, -0.25) is 14.5 Å². The largest absolute Gasteiger partial charge is 0.507 e. The second-order valence-electron chi connectivity index (χ2n) is 6.13. The molecule has 3 N–H and O–H groups in total. The molecule has 134 valence electrons. The molecule has 0 bridgehead atoms. The van der Waals surface area contributed by atoms with Crippen molar-refractivity contribution in [2.75, 3.05) is 32.8 Å². The molecule has 25 heavy (non-hydrogen) atoms. The van der Waals surface area contributed by atoms with Crippen LogP contribution in [0.2, 0.25) is 0 Å². The number of benzene rings is 1. The fraction of sp³-hybridized carbons (Fsp3) is 0.471. The summed E-state index contributed by atoms with van der Waals surface area (Å²) in [4.78, 5) is 29.3. The number of morpholine rings is 1. The Hall–Kier alpha value is -2.45. The van der Waals surface area contributed by atoms with E-state index >= 15 is 0 Å². The summed E-state index contributed by atoms with van der Waals surface area (Å²) in [6, 6.07) is 2.94. The molecule has 2 aromatic rings. The minimum atomic E-state index is -0.437. The van der Waals surface area contributed by atoms with E-state index in [0.29, 0.717) is 42.9 Å². The number of fused-ring (bicyclic) bond motifs is 1. The van der Waals surface area contributed by atoms with E-state index in [-0.39, 0.29) is 23.7 Å². The molecule has 1 aliphatic rings. The molecule has 0 spiro atoms. The molecule has 1 aliphatic heterocycles. The zero-order valence-corrected chi connectivity index (χ0v) is 13.8. The van der Waals surface area contributed by atoms with Crippen molar-refractivity contribution in [1.82, 2.24) is 9.88 Å². The maximum atomic E-state index is 11.4. The summed E-state index contributed by atoms with van der Waals surface area (Å²) in [5, 5.41) is 9.77. The number of aromatic nitrogens is 1. The lowest BCUT2D eigenvalue weighted by atomic mass is 10.0. The van der Waals surface area contributed by atoms with Crippen LogP contribution in [0.25, 0.3) is 11.1 Å². The lowest BCUT2D eigenvalue weighted by Crippen LogP contribution is -2.37. The number of hydrogen-bond acceptors (Lipinski definition) is 7. The molecule has 2 heterocycles. The number of hydrogen-bond donors (Lipinski definition) is 2. The number of ether oxygens (including phenoxy) is 1. The number of oxazole rings is 1. The number of carbonyl (C=O) groups is 2. The van der Waals surface area contributed by atoms with E-state index in [2.05, 4.69) is 9.88 Å². The van der Waals surface area contributed by atoms with E-state index in [9.17, 15) is 14.7 Å². The van der Waals surface area contributed by atoms with Crippen LogP contribution in [0.1, 0.15) is 35.0 Å². The summed E-state index contributed by atoms with van der Waals surface area (Å²) in [5.41, 5.74) is 6.15. The molecule has 1 atom stereocenters. The Morgan fingerprint density at radius 3 is 2.84 bits per heavy atom. The van der Waals surface area contributed by atoms with Crippen molar-refractivity contribution in [3.05, 3.63) is 23.6 Å². The molecule has 3 rings (SSSR count). The van der Waals surface area contributed by atoms with Crippen molar-refractivity contribution in [3.8, 4) is 5.75 Å². The van der Waals surface area contributed by atoms with Crippen LogP contribution in [0.3, 0.4) is 0 Å². The Kier molecular flexibility index (Phi) is 5.30. The highest BCUT2D eigenvalue weighted by molar-refractivity contribution is 5.96. The van der Waals surface area contributed by atoms with Gasteiger partial charge in [0, 0.05) is 25.4 Å². The quantitative estimate of drug-likeness (QED) is 0.718. The van der Waals surface area contributed by atoms with Crippen LogP contribution in [-0.4, -0.2) is 60.0 Å². The number of nitrogens with zero attached hydrogens (tertiary/aromatic N) is 2. The van der Waals surface area contributed by atoms with Crippen LogP contribution in [0.15, 0.2) is 16.5 Å². The van der Waals surface area contributed by atoms with Crippen molar-refractivity contribution in [3.63, 3.8) is 0 Å². The predicted octanol–water partition coefficient (Wildman–Crippen LogP) is 1.03. The third kappa shape index (κ3) is 3.97. The van der Waals surface area contributed by atoms with Crippen LogP contribution < -0.4 is 5.73 Å². The van der Waals surface area contributed by atoms with Crippen molar-refractivity contribution >= 4 is 23.3 Å². The van der Waals surface area contributed by atoms with Gasteiger partial charge >= 0.3 is 0 Å². The van der Waals surface area contributed by atoms with Gasteiger partial charge in [0.05, 0.1) is 18.8 Å². The minimum absolute atomic E-state index is 0.0819. The normalized spacial score (nSPS) is 16.8. The van der Waals surface area contributed by atoms with E-state index in [1.54, 1.807) is 6.07 Å². The number of phenols is 1. The van der Waals surface area contributed by atoms with Gasteiger partial charge in [-0.1, -0.05) is 0 Å². The summed E-state index contributed by atoms with van der Waals surface area (Å²) < 4.78 is 11.1. The van der Waals surface area contributed by atoms with Crippen LogP contribution in [-0.2, 0) is 9.53 Å². The second-order valence-corrected chi connectivity index (χ2v) is 6.13. The molecule has 0 radical (unpaired) electrons. The molecular weight excluding hydrogens is 326 g/mol. The van der Waals surface area contributed by atoms with Gasteiger partial charge < -0.3 is 20.0 Å². The van der Waals surface area contributed by atoms with E-state index in [0.717, 1.165) is 19.6 Å². The third-order valence-electron chi connectivity index (χ3n) is 4.41. The first-order chi connectivity index (χ1) is 12.1. The first-order valence-corrected chi connectivity index (χ1v) is 8.24. The van der Waals surface area contributed by atoms with Gasteiger partial charge in [-0.05, 0) is 25.1 Å². The summed E-state index contributed by atoms with van der Waals surface area (Å²) in [5.74, 6) is -0.514. The smallest absolute Gasteiger partial charge is 0.218 e. The molecule has 8 nitrogen and oxygen atoms in total. The molecule has 1 aromatic heterocycles. The van der Waals surface area contributed by atoms with Gasteiger partial charge in [-0.2, -0.15) is 0 Å². The van der Waals surface area contributed by atoms with Crippen LogP contribution in [0, 0.1) is 0 Å². The van der Waals surface area contributed by atoms with Crippen molar-refractivity contribution < 1.29 is 23.8 Å². The third-order valence-corrected chi connectivity index (χ3v) is 4.41. The van der Waals surface area contributed by atoms with Crippen molar-refractivity contribution in [2.45, 2.75) is 18.8 Å². The standard InChI is InChI=1S/C17H21N3O5/c18-15(23)9-11(3-4-20-5-7-24-8-6-20)17-19-16-12(10-21)13(22)1-2-14(16)25-17/h1-2,10-11,22H,3-9H2,(H2,18,23). The monoisotopic (exact) mass is 347 g/mol. The summed E-state index contributed by atoms with van der Waals surface area (Å²) in [6.45, 7) is 3.86. The van der Waals surface area contributed by atoms with Gasteiger partial charge in [0.15, 0.2) is 17.8 Å². The molecule has 8 heteroatoms. The zero-order valence-electron chi connectivity index (χ0n) is 13.8. The lowest BCUT2D eigenvalue weighted by Gasteiger charge is -2.27. The average molecular weight is 347 g/mol. The van der Waals surface area contributed by atoms with E-state index < -0.39 is 5.91 Å². The summed E-state index contributed by atoms with van der Waals surface area (Å²) in [7, 11) is 0. The maximum Gasteiger partial charge on any atom is 0.218 e. The highest BCUT2D eigenvalue weighted by atomic mass is 16.5. The van der Waals surface area contributed by atoms with Gasteiger partial charge in [-0.25, -0.2) is 4.98 Å². The number of nitrogens with two attached hydrogens (primary N) is 1. The fourth-order valence-corrected chi connectivity index (χ4v) is 3.03. The van der Waals surface area contributed by atoms with Crippen LogP contribution in [0.5, 0.6) is 5.75 Å². The average Bonchev–Trinajstić information content (AvgIpc) is 3.03. The number of phenolic OH excluding ortho intramolecular Hbond substituents is 1. The van der Waals surface area contributed by atoms with E-state index in [1.165, 1.54) is 6.07 Å². The first kappa shape index (κ1) is 17.4.